The van der Waals surface area contributed by atoms with Gasteiger partial charge in [0.1, 0.15) is 34.4 Å². The van der Waals surface area contributed by atoms with E-state index < -0.39 is 28.9 Å². The molecule has 0 aliphatic carbocycles. The van der Waals surface area contributed by atoms with Crippen LogP contribution in [0.2, 0.25) is 10.0 Å². The molecule has 7 rings (SSSR count). The van der Waals surface area contributed by atoms with Gasteiger partial charge < -0.3 is 24.0 Å². The van der Waals surface area contributed by atoms with Crippen molar-refractivity contribution < 1.29 is 32.4 Å². The molecule has 4 aliphatic heterocycles. The molecule has 1 unspecified atom stereocenters. The second-order valence-corrected chi connectivity index (χ2v) is 15.7. The normalized spacial score (nSPS) is 21.9. The Bertz CT molecular complexity index is 1870. The Morgan fingerprint density at radius 2 is 1.43 bits per heavy atom. The topological polar surface area (TPSA) is 107 Å². The smallest absolute Gasteiger partial charge is 0.326 e. The van der Waals surface area contributed by atoms with Crippen LogP contribution >= 0.6 is 23.2 Å². The molecule has 54 heavy (non-hydrogen) atoms. The maximum atomic E-state index is 15.9. The van der Waals surface area contributed by atoms with E-state index in [2.05, 4.69) is 4.90 Å². The van der Waals surface area contributed by atoms with Crippen molar-refractivity contribution in [3.8, 4) is 5.75 Å². The van der Waals surface area contributed by atoms with Crippen molar-refractivity contribution in [2.75, 3.05) is 91.9 Å². The fraction of sp³-hybridized carbons (Fsp3) is 0.447. The number of urea groups is 1. The molecule has 4 heterocycles. The molecule has 288 valence electrons. The summed E-state index contributed by atoms with van der Waals surface area (Å²) in [5, 5.41) is 1.09. The molecule has 3 aromatic rings. The van der Waals surface area contributed by atoms with Crippen molar-refractivity contribution >= 4 is 52.0 Å². The van der Waals surface area contributed by atoms with E-state index in [9.17, 15) is 9.00 Å². The molecule has 0 bridgehead atoms. The molecule has 3 amide bonds. The number of piperazine rings is 1. The van der Waals surface area contributed by atoms with Crippen molar-refractivity contribution in [1.29, 1.82) is 0 Å². The number of ether oxygens (including phenoxy) is 3. The number of amides is 3. The van der Waals surface area contributed by atoms with Crippen molar-refractivity contribution in [3.05, 3.63) is 93.2 Å². The first-order valence-corrected chi connectivity index (χ1v) is 20.0. The number of carbonyl (C=O) groups excluding carboxylic acids is 2. The minimum absolute atomic E-state index is 0.0398. The Labute approximate surface area is 326 Å². The van der Waals surface area contributed by atoms with E-state index in [4.69, 9.17) is 42.4 Å². The summed E-state index contributed by atoms with van der Waals surface area (Å²) in [7, 11) is -1.86. The Balaban J connectivity index is 1.28. The van der Waals surface area contributed by atoms with Gasteiger partial charge in [0.05, 0.1) is 56.1 Å². The van der Waals surface area contributed by atoms with E-state index in [1.54, 1.807) is 45.3 Å². The van der Waals surface area contributed by atoms with Crippen LogP contribution in [-0.4, -0.2) is 138 Å². The molecule has 0 saturated carbocycles. The second-order valence-electron chi connectivity index (χ2n) is 13.4. The monoisotopic (exact) mass is 800 g/mol. The molecule has 3 saturated heterocycles. The summed E-state index contributed by atoms with van der Waals surface area (Å²) in [6.45, 7) is 7.72. The molecule has 0 aromatic heterocycles. The summed E-state index contributed by atoms with van der Waals surface area (Å²) in [6.07, 6.45) is 0. The summed E-state index contributed by atoms with van der Waals surface area (Å²) in [5.41, 5.74) is 1.92. The first kappa shape index (κ1) is 38.6. The molecule has 4 aliphatic rings. The maximum absolute atomic E-state index is 15.9. The largest absolute Gasteiger partial charge is 0.493 e. The molecule has 3 aromatic carbocycles. The zero-order chi connectivity index (χ0) is 37.8. The van der Waals surface area contributed by atoms with Gasteiger partial charge in [-0.1, -0.05) is 47.5 Å². The van der Waals surface area contributed by atoms with Gasteiger partial charge in [-0.2, -0.15) is 0 Å². The SMILES string of the molecule is CCOc1cc(F)c(S(=O)N2CCOCC2)cc1C1=N[C@@H](c2ccc(Cl)cc2)[C@@H](c2ccc(Cl)cc2)N1C(=O)N1CCN(CC(=O)N2CCOCC2)CC1. The molecule has 12 nitrogen and oxygen atoms in total. The van der Waals surface area contributed by atoms with Gasteiger partial charge >= 0.3 is 6.03 Å². The van der Waals surface area contributed by atoms with Gasteiger partial charge in [-0.15, -0.1) is 0 Å². The van der Waals surface area contributed by atoms with Gasteiger partial charge in [-0.25, -0.2) is 17.7 Å². The molecule has 0 radical (unpaired) electrons. The van der Waals surface area contributed by atoms with Gasteiger partial charge in [0.25, 0.3) is 0 Å². The van der Waals surface area contributed by atoms with E-state index in [1.165, 1.54) is 12.1 Å². The number of halogens is 3. The lowest BCUT2D eigenvalue weighted by Crippen LogP contribution is -2.56. The molecule has 3 atom stereocenters. The average molecular weight is 802 g/mol. The summed E-state index contributed by atoms with van der Waals surface area (Å²) < 4.78 is 48.3. The highest BCUT2D eigenvalue weighted by Gasteiger charge is 2.45. The number of rotatable bonds is 9. The molecular formula is C38H43Cl2FN6O6S. The Kier molecular flexibility index (Phi) is 12.5. The van der Waals surface area contributed by atoms with E-state index in [1.807, 2.05) is 29.2 Å². The first-order chi connectivity index (χ1) is 26.2. The highest BCUT2D eigenvalue weighted by Crippen LogP contribution is 2.46. The average Bonchev–Trinajstić information content (AvgIpc) is 3.59. The van der Waals surface area contributed by atoms with Crippen molar-refractivity contribution in [1.82, 2.24) is 23.9 Å². The van der Waals surface area contributed by atoms with Crippen LogP contribution in [0.1, 0.15) is 35.7 Å². The number of hydrogen-bond acceptors (Lipinski definition) is 8. The number of hydrogen-bond donors (Lipinski definition) is 0. The number of amidine groups is 1. The number of aliphatic imine (C=N–C) groups is 1. The fourth-order valence-corrected chi connectivity index (χ4v) is 8.63. The summed E-state index contributed by atoms with van der Waals surface area (Å²) in [4.78, 5) is 40.6. The summed E-state index contributed by atoms with van der Waals surface area (Å²) in [5.74, 6) is -0.207. The lowest BCUT2D eigenvalue weighted by Gasteiger charge is -2.39. The van der Waals surface area contributed by atoms with Crippen LogP contribution in [0.4, 0.5) is 9.18 Å². The Morgan fingerprint density at radius 3 is 2.04 bits per heavy atom. The highest BCUT2D eigenvalue weighted by molar-refractivity contribution is 7.82. The third-order valence-corrected chi connectivity index (χ3v) is 12.1. The predicted octanol–water partition coefficient (Wildman–Crippen LogP) is 5.03. The van der Waals surface area contributed by atoms with Gasteiger partial charge in [0.15, 0.2) is 0 Å². The van der Waals surface area contributed by atoms with Crippen LogP contribution < -0.4 is 4.74 Å². The maximum Gasteiger partial charge on any atom is 0.326 e. The number of morpholine rings is 2. The number of nitrogens with zero attached hydrogens (tertiary/aromatic N) is 6. The minimum Gasteiger partial charge on any atom is -0.493 e. The van der Waals surface area contributed by atoms with E-state index >= 15 is 9.18 Å². The molecule has 3 fully saturated rings. The fourth-order valence-electron chi connectivity index (χ4n) is 7.18. The third kappa shape index (κ3) is 8.44. The van der Waals surface area contributed by atoms with Crippen LogP contribution in [0.3, 0.4) is 0 Å². The van der Waals surface area contributed by atoms with E-state index in [0.717, 1.165) is 11.1 Å². The molecular weight excluding hydrogens is 758 g/mol. The lowest BCUT2D eigenvalue weighted by molar-refractivity contribution is -0.136. The minimum atomic E-state index is -1.86. The second kappa shape index (κ2) is 17.4. The van der Waals surface area contributed by atoms with Crippen LogP contribution in [0.25, 0.3) is 0 Å². The van der Waals surface area contributed by atoms with Crippen LogP contribution in [0, 0.1) is 5.82 Å². The van der Waals surface area contributed by atoms with Crippen molar-refractivity contribution in [2.24, 2.45) is 4.99 Å². The number of benzene rings is 3. The van der Waals surface area contributed by atoms with E-state index in [0.29, 0.717) is 94.4 Å². The van der Waals surface area contributed by atoms with Gasteiger partial charge in [-0.05, 0) is 48.4 Å². The first-order valence-electron chi connectivity index (χ1n) is 18.2. The zero-order valence-electron chi connectivity index (χ0n) is 30.0. The quantitative estimate of drug-likeness (QED) is 0.299. The lowest BCUT2D eigenvalue weighted by atomic mass is 9.93. The number of carbonyl (C=O) groups is 2. The van der Waals surface area contributed by atoms with Gasteiger partial charge in [0, 0.05) is 68.5 Å². The van der Waals surface area contributed by atoms with Crippen molar-refractivity contribution in [2.45, 2.75) is 23.9 Å². The Morgan fingerprint density at radius 1 is 0.833 bits per heavy atom. The zero-order valence-corrected chi connectivity index (χ0v) is 32.3. The Hall–Kier alpha value is -3.63. The van der Waals surface area contributed by atoms with Gasteiger partial charge in [0.2, 0.25) is 5.91 Å². The predicted molar refractivity (Wildman–Crippen MR) is 204 cm³/mol. The molecule has 16 heteroatoms. The van der Waals surface area contributed by atoms with Crippen LogP contribution in [0.15, 0.2) is 70.6 Å². The van der Waals surface area contributed by atoms with Gasteiger partial charge in [-0.3, -0.25) is 19.6 Å². The third-order valence-electron chi connectivity index (χ3n) is 10.0. The van der Waals surface area contributed by atoms with Crippen molar-refractivity contribution in [3.63, 3.8) is 0 Å². The summed E-state index contributed by atoms with van der Waals surface area (Å²) in [6, 6.07) is 15.8. The van der Waals surface area contributed by atoms with Crippen LogP contribution in [0.5, 0.6) is 5.75 Å². The van der Waals surface area contributed by atoms with E-state index in [-0.39, 0.29) is 41.6 Å². The van der Waals surface area contributed by atoms with Crippen LogP contribution in [-0.2, 0) is 25.3 Å². The molecule has 0 N–H and O–H groups in total. The highest BCUT2D eigenvalue weighted by atomic mass is 35.5. The standard InChI is InChI=1S/C38H43Cl2FN6O6S/c1-2-53-32-24-31(41)33(54(50)46-17-21-52-22-18-46)23-30(32)37-42-35(26-3-7-28(39)8-4-26)36(27-5-9-29(40)10-6-27)47(37)38(49)45-13-11-43(12-14-45)25-34(48)44-15-19-51-20-16-44/h3-10,23-24,35-36H,2,11-22,25H2,1H3/t35-,36+,54?/m0/s1. The molecule has 0 spiro atoms. The summed E-state index contributed by atoms with van der Waals surface area (Å²) >= 11 is 12.7.